The summed E-state index contributed by atoms with van der Waals surface area (Å²) in [5.41, 5.74) is 2.29. The fraction of sp³-hybridized carbons (Fsp3) is 0.0667. The minimum Gasteiger partial charge on any atom is -0.288 e. The molecular formula is C15H8Cl2FN3. The number of imidazole rings is 1. The van der Waals surface area contributed by atoms with Crippen molar-refractivity contribution in [2.45, 2.75) is 6.42 Å². The monoisotopic (exact) mass is 319 g/mol. The Morgan fingerprint density at radius 2 is 1.95 bits per heavy atom. The van der Waals surface area contributed by atoms with Crippen LogP contribution in [-0.2, 0) is 6.42 Å². The first kappa shape index (κ1) is 13.9. The molecule has 0 aliphatic rings. The Bertz CT molecular complexity index is 863. The molecule has 0 amide bonds. The van der Waals surface area contributed by atoms with Crippen molar-refractivity contribution in [3.63, 3.8) is 0 Å². The van der Waals surface area contributed by atoms with Crippen LogP contribution in [0.4, 0.5) is 4.39 Å². The van der Waals surface area contributed by atoms with Crippen molar-refractivity contribution in [1.82, 2.24) is 9.38 Å². The first-order valence-corrected chi connectivity index (χ1v) is 6.84. The number of nitrogens with zero attached hydrogens (tertiary/aromatic N) is 3. The maximum atomic E-state index is 12.9. The normalized spacial score (nSPS) is 10.8. The third kappa shape index (κ3) is 2.58. The van der Waals surface area contributed by atoms with Crippen molar-refractivity contribution in [1.29, 1.82) is 5.26 Å². The van der Waals surface area contributed by atoms with E-state index in [0.29, 0.717) is 33.5 Å². The highest BCUT2D eigenvalue weighted by Crippen LogP contribution is 2.25. The third-order valence-electron chi connectivity index (χ3n) is 3.10. The van der Waals surface area contributed by atoms with E-state index in [-0.39, 0.29) is 5.82 Å². The van der Waals surface area contributed by atoms with Crippen LogP contribution >= 0.6 is 23.2 Å². The van der Waals surface area contributed by atoms with Gasteiger partial charge in [-0.05, 0) is 23.8 Å². The Morgan fingerprint density at radius 1 is 1.24 bits per heavy atom. The molecule has 6 heteroatoms. The number of fused-ring (bicyclic) bond motifs is 1. The Balaban J connectivity index is 2.12. The Hall–Kier alpha value is -2.09. The van der Waals surface area contributed by atoms with E-state index >= 15 is 0 Å². The van der Waals surface area contributed by atoms with E-state index in [1.807, 2.05) is 0 Å². The van der Waals surface area contributed by atoms with Crippen molar-refractivity contribution in [2.24, 2.45) is 0 Å². The number of hydrogen-bond acceptors (Lipinski definition) is 2. The van der Waals surface area contributed by atoms with Gasteiger partial charge in [0.2, 0.25) is 0 Å². The molecule has 1 aromatic carbocycles. The number of rotatable bonds is 2. The predicted molar refractivity (Wildman–Crippen MR) is 79.1 cm³/mol. The molecule has 2 heterocycles. The van der Waals surface area contributed by atoms with Gasteiger partial charge in [-0.15, -0.1) is 0 Å². The maximum Gasteiger partial charge on any atom is 0.157 e. The van der Waals surface area contributed by atoms with Crippen molar-refractivity contribution >= 4 is 28.8 Å². The number of benzene rings is 1. The highest BCUT2D eigenvalue weighted by Gasteiger charge is 2.15. The zero-order chi connectivity index (χ0) is 15.0. The van der Waals surface area contributed by atoms with Gasteiger partial charge in [-0.2, -0.15) is 5.26 Å². The molecule has 0 aliphatic heterocycles. The van der Waals surface area contributed by atoms with Gasteiger partial charge in [-0.3, -0.25) is 4.40 Å². The van der Waals surface area contributed by atoms with E-state index in [0.717, 1.165) is 5.56 Å². The highest BCUT2D eigenvalue weighted by molar-refractivity contribution is 6.36. The lowest BCUT2D eigenvalue weighted by Crippen LogP contribution is -1.94. The summed E-state index contributed by atoms with van der Waals surface area (Å²) in [4.78, 5) is 4.40. The van der Waals surface area contributed by atoms with Crippen LogP contribution in [0, 0.1) is 17.1 Å². The zero-order valence-electron chi connectivity index (χ0n) is 10.6. The number of hydrogen-bond donors (Lipinski definition) is 0. The zero-order valence-corrected chi connectivity index (χ0v) is 12.2. The minimum atomic E-state index is -0.302. The van der Waals surface area contributed by atoms with Crippen LogP contribution < -0.4 is 0 Å². The summed E-state index contributed by atoms with van der Waals surface area (Å²) in [6.07, 6.45) is 2.02. The number of halogens is 3. The van der Waals surface area contributed by atoms with E-state index in [2.05, 4.69) is 11.1 Å². The Morgan fingerprint density at radius 3 is 2.62 bits per heavy atom. The van der Waals surface area contributed by atoms with Gasteiger partial charge in [0, 0.05) is 12.6 Å². The molecular weight excluding hydrogens is 312 g/mol. The SMILES string of the molecule is N#Cc1c(Cc2ccc(F)cc2)nc2c(Cl)cc(Cl)cn12. The van der Waals surface area contributed by atoms with Gasteiger partial charge >= 0.3 is 0 Å². The largest absolute Gasteiger partial charge is 0.288 e. The van der Waals surface area contributed by atoms with E-state index in [4.69, 9.17) is 23.2 Å². The summed E-state index contributed by atoms with van der Waals surface area (Å²) in [5.74, 6) is -0.302. The molecule has 104 valence electrons. The Labute approximate surface area is 130 Å². The highest BCUT2D eigenvalue weighted by atomic mass is 35.5. The molecule has 3 rings (SSSR count). The molecule has 0 atom stereocenters. The van der Waals surface area contributed by atoms with E-state index in [9.17, 15) is 9.65 Å². The fourth-order valence-electron chi connectivity index (χ4n) is 2.16. The maximum absolute atomic E-state index is 12.9. The summed E-state index contributed by atoms with van der Waals surface area (Å²) in [7, 11) is 0. The standard InChI is InChI=1S/C15H8Cl2FN3/c16-10-6-12(17)15-20-13(14(7-19)21(15)8-10)5-9-1-3-11(18)4-2-9/h1-4,6,8H,5H2. The van der Waals surface area contributed by atoms with Gasteiger partial charge in [-0.25, -0.2) is 9.37 Å². The fourth-order valence-corrected chi connectivity index (χ4v) is 2.67. The van der Waals surface area contributed by atoms with E-state index in [1.54, 1.807) is 28.8 Å². The van der Waals surface area contributed by atoms with Gasteiger partial charge in [0.1, 0.15) is 17.6 Å². The smallest absolute Gasteiger partial charge is 0.157 e. The van der Waals surface area contributed by atoms with Crippen LogP contribution in [0.3, 0.4) is 0 Å². The average Bonchev–Trinajstić information content (AvgIpc) is 2.79. The molecule has 0 radical (unpaired) electrons. The lowest BCUT2D eigenvalue weighted by molar-refractivity contribution is 0.627. The van der Waals surface area contributed by atoms with Crippen LogP contribution in [0.5, 0.6) is 0 Å². The quantitative estimate of drug-likeness (QED) is 0.708. The summed E-state index contributed by atoms with van der Waals surface area (Å²) in [6, 6.07) is 9.77. The molecule has 2 aromatic heterocycles. The summed E-state index contributed by atoms with van der Waals surface area (Å²) in [5, 5.41) is 10.2. The van der Waals surface area contributed by atoms with Crippen molar-refractivity contribution < 1.29 is 4.39 Å². The third-order valence-corrected chi connectivity index (χ3v) is 3.59. The number of pyridine rings is 1. The molecule has 0 saturated carbocycles. The average molecular weight is 320 g/mol. The lowest BCUT2D eigenvalue weighted by Gasteiger charge is -1.99. The van der Waals surface area contributed by atoms with Gasteiger partial charge < -0.3 is 0 Å². The Kier molecular flexibility index (Phi) is 3.54. The predicted octanol–water partition coefficient (Wildman–Crippen LogP) is 4.24. The summed E-state index contributed by atoms with van der Waals surface area (Å²) < 4.78 is 14.5. The first-order chi connectivity index (χ1) is 10.1. The van der Waals surface area contributed by atoms with Crippen molar-refractivity contribution in [3.8, 4) is 6.07 Å². The van der Waals surface area contributed by atoms with Gasteiger partial charge in [0.15, 0.2) is 5.65 Å². The molecule has 3 nitrogen and oxygen atoms in total. The second-order valence-corrected chi connectivity index (χ2v) is 5.37. The van der Waals surface area contributed by atoms with E-state index < -0.39 is 0 Å². The van der Waals surface area contributed by atoms with Gasteiger partial charge in [0.05, 0.1) is 15.7 Å². The van der Waals surface area contributed by atoms with E-state index in [1.165, 1.54) is 12.1 Å². The lowest BCUT2D eigenvalue weighted by atomic mass is 10.1. The van der Waals surface area contributed by atoms with Gasteiger partial charge in [0.25, 0.3) is 0 Å². The summed E-state index contributed by atoms with van der Waals surface area (Å²) >= 11 is 12.1. The first-order valence-electron chi connectivity index (χ1n) is 6.09. The molecule has 3 aromatic rings. The van der Waals surface area contributed by atoms with Gasteiger partial charge in [-0.1, -0.05) is 35.3 Å². The molecule has 0 unspecified atom stereocenters. The number of nitriles is 1. The second-order valence-electron chi connectivity index (χ2n) is 4.52. The van der Waals surface area contributed by atoms with Crippen LogP contribution in [0.1, 0.15) is 17.0 Å². The minimum absolute atomic E-state index is 0.302. The summed E-state index contributed by atoms with van der Waals surface area (Å²) in [6.45, 7) is 0. The molecule has 0 bridgehead atoms. The molecule has 0 spiro atoms. The van der Waals surface area contributed by atoms with Crippen LogP contribution in [0.15, 0.2) is 36.5 Å². The number of aromatic nitrogens is 2. The van der Waals surface area contributed by atoms with Crippen LogP contribution in [0.25, 0.3) is 5.65 Å². The molecule has 0 N–H and O–H groups in total. The van der Waals surface area contributed by atoms with Crippen molar-refractivity contribution in [3.05, 3.63) is 69.3 Å². The molecule has 21 heavy (non-hydrogen) atoms. The topological polar surface area (TPSA) is 41.1 Å². The second kappa shape index (κ2) is 5.36. The van der Waals surface area contributed by atoms with Crippen molar-refractivity contribution in [2.75, 3.05) is 0 Å². The van der Waals surface area contributed by atoms with Crippen LogP contribution in [0.2, 0.25) is 10.0 Å². The molecule has 0 aliphatic carbocycles. The molecule has 0 fully saturated rings. The van der Waals surface area contributed by atoms with Crippen LogP contribution in [-0.4, -0.2) is 9.38 Å². The molecule has 0 saturated heterocycles.